The van der Waals surface area contributed by atoms with Gasteiger partial charge in [-0.2, -0.15) is 4.31 Å². The molecule has 0 spiro atoms. The van der Waals surface area contributed by atoms with E-state index in [2.05, 4.69) is 10.3 Å². The number of nitrogens with one attached hydrogen (secondary N) is 1. The normalized spacial score (nSPS) is 11.7. The fourth-order valence-corrected chi connectivity index (χ4v) is 3.87. The minimum Gasteiger partial charge on any atom is -0.351 e. The van der Waals surface area contributed by atoms with E-state index in [1.807, 2.05) is 0 Å². The number of hydrogen-bond acceptors (Lipinski definition) is 4. The maximum atomic E-state index is 12.9. The molecule has 0 fully saturated rings. The number of hydrogen-bond donors (Lipinski definition) is 1. The number of carbonyl (C=O) groups is 1. The highest BCUT2D eigenvalue weighted by atomic mass is 35.5. The Bertz CT molecular complexity index is 852. The molecule has 1 amide bonds. The number of carbonyl (C=O) groups excluding carboxylic acids is 1. The molecule has 0 saturated heterocycles. The zero-order valence-electron chi connectivity index (χ0n) is 13.7. The smallest absolute Gasteiger partial charge is 0.264 e. The maximum Gasteiger partial charge on any atom is 0.264 e. The third kappa shape index (κ3) is 4.56. The van der Waals surface area contributed by atoms with Gasteiger partial charge in [0.05, 0.1) is 12.9 Å². The van der Waals surface area contributed by atoms with Crippen LogP contribution in [-0.4, -0.2) is 41.3 Å². The number of imidazole rings is 1. The van der Waals surface area contributed by atoms with Crippen LogP contribution in [0.15, 0.2) is 35.6 Å². The first-order valence-electron chi connectivity index (χ1n) is 7.43. The minimum absolute atomic E-state index is 0.0230. The summed E-state index contributed by atoms with van der Waals surface area (Å²) < 4.78 is 40.4. The summed E-state index contributed by atoms with van der Waals surface area (Å²) in [6.45, 7) is 1.49. The van der Waals surface area contributed by atoms with Gasteiger partial charge in [0.1, 0.15) is 11.0 Å². The molecular formula is C15H18ClFN4O3S. The lowest BCUT2D eigenvalue weighted by Crippen LogP contribution is -2.40. The predicted octanol–water partition coefficient (Wildman–Crippen LogP) is 1.54. The summed E-state index contributed by atoms with van der Waals surface area (Å²) in [6, 6.07) is 5.65. The van der Waals surface area contributed by atoms with E-state index >= 15 is 0 Å². The number of rotatable bonds is 7. The molecule has 10 heteroatoms. The standard InChI is InChI=1S/C15H18ClFN4O3S/c1-3-21(25(23,24)15-14(16)20(2)10-19-15)9-13(22)18-8-11-4-6-12(17)7-5-11/h4-7,10H,3,8-9H2,1-2H3,(H,18,22). The Kier molecular flexibility index (Phi) is 6.15. The van der Waals surface area contributed by atoms with E-state index in [-0.39, 0.29) is 35.6 Å². The summed E-state index contributed by atoms with van der Waals surface area (Å²) in [5, 5.41) is 2.29. The second-order valence-corrected chi connectivity index (χ2v) is 7.50. The van der Waals surface area contributed by atoms with Gasteiger partial charge in [-0.1, -0.05) is 30.7 Å². The molecule has 25 heavy (non-hydrogen) atoms. The Labute approximate surface area is 150 Å². The van der Waals surface area contributed by atoms with E-state index in [0.717, 1.165) is 4.31 Å². The number of benzene rings is 1. The number of likely N-dealkylation sites (N-methyl/N-ethyl adjacent to an activating group) is 1. The van der Waals surface area contributed by atoms with Crippen molar-refractivity contribution >= 4 is 27.5 Å². The van der Waals surface area contributed by atoms with Crippen molar-refractivity contribution < 1.29 is 17.6 Å². The van der Waals surface area contributed by atoms with Gasteiger partial charge in [-0.15, -0.1) is 0 Å². The van der Waals surface area contributed by atoms with Crippen LogP contribution in [0.25, 0.3) is 0 Å². The SMILES string of the molecule is CCN(CC(=O)NCc1ccc(F)cc1)S(=O)(=O)c1ncn(C)c1Cl. The van der Waals surface area contributed by atoms with Crippen LogP contribution in [0.5, 0.6) is 0 Å². The summed E-state index contributed by atoms with van der Waals surface area (Å²) in [5.41, 5.74) is 0.702. The van der Waals surface area contributed by atoms with Gasteiger partial charge in [0.25, 0.3) is 10.0 Å². The number of halogens is 2. The van der Waals surface area contributed by atoms with Gasteiger partial charge < -0.3 is 9.88 Å². The molecule has 0 saturated carbocycles. The van der Waals surface area contributed by atoms with Gasteiger partial charge in [0, 0.05) is 20.1 Å². The van der Waals surface area contributed by atoms with Crippen LogP contribution in [0.2, 0.25) is 5.15 Å². The Balaban J connectivity index is 2.04. The van der Waals surface area contributed by atoms with Gasteiger partial charge in [-0.05, 0) is 17.7 Å². The first-order valence-corrected chi connectivity index (χ1v) is 9.25. The van der Waals surface area contributed by atoms with E-state index < -0.39 is 15.9 Å². The van der Waals surface area contributed by atoms with Crippen LogP contribution in [0, 0.1) is 5.82 Å². The molecule has 1 aromatic carbocycles. The molecule has 0 bridgehead atoms. The van der Waals surface area contributed by atoms with Crippen molar-refractivity contribution in [2.24, 2.45) is 7.05 Å². The quantitative estimate of drug-likeness (QED) is 0.779. The van der Waals surface area contributed by atoms with E-state index in [1.165, 1.54) is 35.2 Å². The molecule has 1 heterocycles. The minimum atomic E-state index is -3.99. The zero-order chi connectivity index (χ0) is 18.6. The monoisotopic (exact) mass is 388 g/mol. The fourth-order valence-electron chi connectivity index (χ4n) is 2.07. The third-order valence-corrected chi connectivity index (χ3v) is 5.91. The second kappa shape index (κ2) is 7.94. The van der Waals surface area contributed by atoms with Gasteiger partial charge in [0.2, 0.25) is 10.9 Å². The maximum absolute atomic E-state index is 12.9. The summed E-state index contributed by atoms with van der Waals surface area (Å²) in [5.74, 6) is -0.854. The highest BCUT2D eigenvalue weighted by molar-refractivity contribution is 7.89. The highest BCUT2D eigenvalue weighted by Crippen LogP contribution is 2.22. The van der Waals surface area contributed by atoms with Crippen molar-refractivity contribution in [1.29, 1.82) is 0 Å². The number of aryl methyl sites for hydroxylation is 1. The summed E-state index contributed by atoms with van der Waals surface area (Å²) >= 11 is 5.95. The van der Waals surface area contributed by atoms with Crippen molar-refractivity contribution in [3.63, 3.8) is 0 Å². The lowest BCUT2D eigenvalue weighted by molar-refractivity contribution is -0.121. The predicted molar refractivity (Wildman–Crippen MR) is 90.9 cm³/mol. The number of sulfonamides is 1. The zero-order valence-corrected chi connectivity index (χ0v) is 15.3. The topological polar surface area (TPSA) is 84.3 Å². The molecule has 0 unspecified atom stereocenters. The van der Waals surface area contributed by atoms with E-state index in [9.17, 15) is 17.6 Å². The van der Waals surface area contributed by atoms with Gasteiger partial charge in [0.15, 0.2) is 0 Å². The van der Waals surface area contributed by atoms with Crippen molar-refractivity contribution in [2.45, 2.75) is 18.5 Å². The van der Waals surface area contributed by atoms with Crippen molar-refractivity contribution in [1.82, 2.24) is 19.2 Å². The molecule has 0 atom stereocenters. The Hall–Kier alpha value is -1.97. The molecular weight excluding hydrogens is 371 g/mol. The van der Waals surface area contributed by atoms with Crippen molar-refractivity contribution in [2.75, 3.05) is 13.1 Å². The number of aromatic nitrogens is 2. The van der Waals surface area contributed by atoms with Gasteiger partial charge >= 0.3 is 0 Å². The van der Waals surface area contributed by atoms with Gasteiger partial charge in [-0.3, -0.25) is 4.79 Å². The summed E-state index contributed by atoms with van der Waals surface area (Å²) in [7, 11) is -2.42. The van der Waals surface area contributed by atoms with E-state index in [0.29, 0.717) is 5.56 Å². The first-order chi connectivity index (χ1) is 11.8. The van der Waals surface area contributed by atoms with Crippen LogP contribution in [0.3, 0.4) is 0 Å². The van der Waals surface area contributed by atoms with Gasteiger partial charge in [-0.25, -0.2) is 17.8 Å². The van der Waals surface area contributed by atoms with Crippen LogP contribution in [-0.2, 0) is 28.4 Å². The average Bonchev–Trinajstić information content (AvgIpc) is 2.92. The highest BCUT2D eigenvalue weighted by Gasteiger charge is 2.30. The molecule has 0 aliphatic heterocycles. The molecule has 2 rings (SSSR count). The Morgan fingerprint density at radius 1 is 1.36 bits per heavy atom. The van der Waals surface area contributed by atoms with Crippen LogP contribution in [0.1, 0.15) is 12.5 Å². The van der Waals surface area contributed by atoms with Crippen LogP contribution >= 0.6 is 11.6 Å². The molecule has 7 nitrogen and oxygen atoms in total. The molecule has 0 aliphatic carbocycles. The van der Waals surface area contributed by atoms with E-state index in [1.54, 1.807) is 14.0 Å². The van der Waals surface area contributed by atoms with E-state index in [4.69, 9.17) is 11.6 Å². The molecule has 1 N–H and O–H groups in total. The number of amides is 1. The Morgan fingerprint density at radius 2 is 2.00 bits per heavy atom. The van der Waals surface area contributed by atoms with Crippen LogP contribution < -0.4 is 5.32 Å². The molecule has 0 radical (unpaired) electrons. The Morgan fingerprint density at radius 3 is 2.52 bits per heavy atom. The van der Waals surface area contributed by atoms with Crippen molar-refractivity contribution in [3.05, 3.63) is 47.1 Å². The molecule has 2 aromatic rings. The first kappa shape index (κ1) is 19.4. The second-order valence-electron chi connectivity index (χ2n) is 5.29. The average molecular weight is 389 g/mol. The third-order valence-electron chi connectivity index (χ3n) is 3.49. The lowest BCUT2D eigenvalue weighted by atomic mass is 10.2. The summed E-state index contributed by atoms with van der Waals surface area (Å²) in [4.78, 5) is 15.9. The lowest BCUT2D eigenvalue weighted by Gasteiger charge is -2.19. The fraction of sp³-hybridized carbons (Fsp3) is 0.333. The summed E-state index contributed by atoms with van der Waals surface area (Å²) in [6.07, 6.45) is 1.29. The largest absolute Gasteiger partial charge is 0.351 e. The van der Waals surface area contributed by atoms with Crippen molar-refractivity contribution in [3.8, 4) is 0 Å². The molecule has 136 valence electrons. The molecule has 1 aromatic heterocycles. The van der Waals surface area contributed by atoms with Crippen LogP contribution in [0.4, 0.5) is 4.39 Å². The number of nitrogens with zero attached hydrogens (tertiary/aromatic N) is 3. The molecule has 0 aliphatic rings.